The zero-order valence-electron chi connectivity index (χ0n) is 26.2. The van der Waals surface area contributed by atoms with Crippen LogP contribution in [0.1, 0.15) is 134 Å². The van der Waals surface area contributed by atoms with E-state index in [1.807, 2.05) is 27.7 Å². The molecule has 5 unspecified atom stereocenters. The molecule has 210 valence electrons. The van der Waals surface area contributed by atoms with Crippen molar-refractivity contribution in [2.24, 2.45) is 56.7 Å². The van der Waals surface area contributed by atoms with Crippen molar-refractivity contribution in [1.82, 2.24) is 0 Å². The van der Waals surface area contributed by atoms with E-state index in [4.69, 9.17) is 0 Å². The van der Waals surface area contributed by atoms with Crippen LogP contribution in [0.5, 0.6) is 0 Å². The van der Waals surface area contributed by atoms with Gasteiger partial charge in [0.15, 0.2) is 0 Å². The van der Waals surface area contributed by atoms with Crippen molar-refractivity contribution < 1.29 is 10.2 Å². The summed E-state index contributed by atoms with van der Waals surface area (Å²) in [6.07, 6.45) is 11.4. The van der Waals surface area contributed by atoms with Crippen LogP contribution in [0.25, 0.3) is 0 Å². The van der Waals surface area contributed by atoms with Gasteiger partial charge >= 0.3 is 0 Å². The Labute approximate surface area is 225 Å². The Morgan fingerprint density at radius 2 is 1.33 bits per heavy atom. The van der Waals surface area contributed by atoms with Crippen molar-refractivity contribution in [3.8, 4) is 0 Å². The first kappa shape index (κ1) is 30.2. The standard InChI is InChI=1S/C30H50O2.2C2H6/c1-18-11-14-28(6)24(32)17-30(8)20(25(28)19(18)2)9-10-22-27(5)15-13-23(31)26(3,4)21(27)12-16-29(22,30)7;2*1-2/h11,19-25,31-32H,9-10,12-17H2,1-8H3;2*1-2H3/t19-,20?,21?,22?,23+,24+,25?,27?,28-,29-,30-;;/m1../s1. The number of hydrogen-bond acceptors (Lipinski definition) is 2. The van der Waals surface area contributed by atoms with Gasteiger partial charge in [-0.05, 0) is 110 Å². The summed E-state index contributed by atoms with van der Waals surface area (Å²) in [6.45, 7) is 27.7. The zero-order valence-corrected chi connectivity index (χ0v) is 26.2. The van der Waals surface area contributed by atoms with Crippen molar-refractivity contribution in [2.75, 3.05) is 0 Å². The van der Waals surface area contributed by atoms with Gasteiger partial charge in [0.1, 0.15) is 0 Å². The summed E-state index contributed by atoms with van der Waals surface area (Å²) in [6, 6.07) is 0. The second-order valence-electron chi connectivity index (χ2n) is 14.7. The highest BCUT2D eigenvalue weighted by Gasteiger charge is 2.70. The fraction of sp³-hybridized carbons (Fsp3) is 0.941. The lowest BCUT2D eigenvalue weighted by Crippen LogP contribution is -2.69. The SMILES string of the molecule is CC.CC.CC1=CC[C@@]2(C)C(C3CCC4C5(C)CC[C@H](O)C(C)(C)C5CC[C@@]4(C)[C@]3(C)C[C@@H]2O)[C@@H]1C. The van der Waals surface area contributed by atoms with Crippen LogP contribution in [0.4, 0.5) is 0 Å². The second-order valence-corrected chi connectivity index (χ2v) is 14.7. The largest absolute Gasteiger partial charge is 0.393 e. The molecule has 36 heavy (non-hydrogen) atoms. The van der Waals surface area contributed by atoms with Gasteiger partial charge in [-0.25, -0.2) is 0 Å². The Balaban J connectivity index is 0.000000861. The number of fused-ring (bicyclic) bond motifs is 7. The fourth-order valence-electron chi connectivity index (χ4n) is 11.3. The van der Waals surface area contributed by atoms with Gasteiger partial charge in [0.2, 0.25) is 0 Å². The van der Waals surface area contributed by atoms with E-state index in [2.05, 4.69) is 61.5 Å². The number of aliphatic hydroxyl groups excluding tert-OH is 2. The molecule has 0 aromatic rings. The Hall–Kier alpha value is -0.340. The molecule has 5 aliphatic rings. The third kappa shape index (κ3) is 3.84. The molecule has 4 fully saturated rings. The van der Waals surface area contributed by atoms with Crippen LogP contribution in [0.3, 0.4) is 0 Å². The molecule has 4 saturated carbocycles. The fourth-order valence-corrected chi connectivity index (χ4v) is 11.3. The summed E-state index contributed by atoms with van der Waals surface area (Å²) in [5, 5.41) is 22.6. The molecule has 2 heteroatoms. The Bertz CT molecular complexity index is 814. The number of rotatable bonds is 0. The molecule has 5 rings (SSSR count). The molecule has 0 saturated heterocycles. The molecule has 2 nitrogen and oxygen atoms in total. The van der Waals surface area contributed by atoms with Crippen LogP contribution in [-0.4, -0.2) is 22.4 Å². The third-order valence-corrected chi connectivity index (χ3v) is 13.6. The second kappa shape index (κ2) is 10.0. The van der Waals surface area contributed by atoms with Crippen LogP contribution < -0.4 is 0 Å². The molecule has 0 heterocycles. The Morgan fingerprint density at radius 3 is 1.94 bits per heavy atom. The predicted molar refractivity (Wildman–Crippen MR) is 155 cm³/mol. The summed E-state index contributed by atoms with van der Waals surface area (Å²) in [5.41, 5.74) is 2.37. The van der Waals surface area contributed by atoms with Crippen LogP contribution >= 0.6 is 0 Å². The minimum Gasteiger partial charge on any atom is -0.393 e. The van der Waals surface area contributed by atoms with E-state index in [1.165, 1.54) is 32.1 Å². The van der Waals surface area contributed by atoms with Crippen LogP contribution in [0, 0.1) is 56.7 Å². The van der Waals surface area contributed by atoms with E-state index in [1.54, 1.807) is 5.57 Å². The highest BCUT2D eigenvalue weighted by Crippen LogP contribution is 2.76. The van der Waals surface area contributed by atoms with E-state index in [0.29, 0.717) is 35.0 Å². The van der Waals surface area contributed by atoms with E-state index < -0.39 is 0 Å². The van der Waals surface area contributed by atoms with Gasteiger partial charge < -0.3 is 10.2 Å². The molecule has 0 spiro atoms. The number of hydrogen-bond donors (Lipinski definition) is 2. The predicted octanol–water partition coefficient (Wildman–Crippen LogP) is 9.05. The van der Waals surface area contributed by atoms with Gasteiger partial charge in [-0.3, -0.25) is 0 Å². The first-order valence-electron chi connectivity index (χ1n) is 15.8. The van der Waals surface area contributed by atoms with Gasteiger partial charge in [-0.1, -0.05) is 87.8 Å². The molecule has 11 atom stereocenters. The highest BCUT2D eigenvalue weighted by molar-refractivity contribution is 5.24. The smallest absolute Gasteiger partial charge is 0.0605 e. The maximum atomic E-state index is 11.7. The molecule has 2 N–H and O–H groups in total. The maximum absolute atomic E-state index is 11.7. The normalized spacial score (nSPS) is 52.9. The van der Waals surface area contributed by atoms with Crippen molar-refractivity contribution in [1.29, 1.82) is 0 Å². The Morgan fingerprint density at radius 1 is 0.722 bits per heavy atom. The van der Waals surface area contributed by atoms with Crippen molar-refractivity contribution >= 4 is 0 Å². The van der Waals surface area contributed by atoms with Gasteiger partial charge in [-0.2, -0.15) is 0 Å². The van der Waals surface area contributed by atoms with E-state index >= 15 is 0 Å². The van der Waals surface area contributed by atoms with Gasteiger partial charge in [0, 0.05) is 5.41 Å². The van der Waals surface area contributed by atoms with Crippen molar-refractivity contribution in [2.45, 2.75) is 147 Å². The lowest BCUT2D eigenvalue weighted by atomic mass is 9.31. The summed E-state index contributed by atoms with van der Waals surface area (Å²) < 4.78 is 0. The van der Waals surface area contributed by atoms with E-state index in [-0.39, 0.29) is 33.9 Å². The average Bonchev–Trinajstić information content (AvgIpc) is 2.83. The minimum atomic E-state index is -0.203. The van der Waals surface area contributed by atoms with E-state index in [0.717, 1.165) is 19.3 Å². The first-order valence-corrected chi connectivity index (χ1v) is 15.8. The van der Waals surface area contributed by atoms with Gasteiger partial charge in [0.25, 0.3) is 0 Å². The monoisotopic (exact) mass is 502 g/mol. The Kier molecular flexibility index (Phi) is 8.39. The number of allylic oxidation sites excluding steroid dienone is 2. The topological polar surface area (TPSA) is 40.5 Å². The molecular weight excluding hydrogens is 440 g/mol. The molecule has 0 radical (unpaired) electrons. The minimum absolute atomic E-state index is 0.0104. The van der Waals surface area contributed by atoms with Crippen LogP contribution in [0.15, 0.2) is 11.6 Å². The van der Waals surface area contributed by atoms with E-state index in [9.17, 15) is 10.2 Å². The zero-order chi connectivity index (χ0) is 27.5. The summed E-state index contributed by atoms with van der Waals surface area (Å²) >= 11 is 0. The number of aliphatic hydroxyl groups is 2. The van der Waals surface area contributed by atoms with Gasteiger partial charge in [0.05, 0.1) is 12.2 Å². The molecule has 0 aliphatic heterocycles. The molecule has 0 bridgehead atoms. The molecular formula is C34H62O2. The molecule has 0 aromatic heterocycles. The van der Waals surface area contributed by atoms with Crippen LogP contribution in [0.2, 0.25) is 0 Å². The maximum Gasteiger partial charge on any atom is 0.0605 e. The lowest BCUT2D eigenvalue weighted by Gasteiger charge is -2.74. The quantitative estimate of drug-likeness (QED) is 0.324. The average molecular weight is 503 g/mol. The molecule has 5 aliphatic carbocycles. The third-order valence-electron chi connectivity index (χ3n) is 13.6. The lowest BCUT2D eigenvalue weighted by molar-refractivity contribution is -0.267. The van der Waals surface area contributed by atoms with Crippen LogP contribution in [-0.2, 0) is 0 Å². The van der Waals surface area contributed by atoms with Crippen molar-refractivity contribution in [3.63, 3.8) is 0 Å². The highest BCUT2D eigenvalue weighted by atomic mass is 16.3. The molecule has 0 amide bonds. The molecule has 0 aromatic carbocycles. The van der Waals surface area contributed by atoms with Crippen molar-refractivity contribution in [3.05, 3.63) is 11.6 Å². The van der Waals surface area contributed by atoms with Gasteiger partial charge in [-0.15, -0.1) is 0 Å². The summed E-state index contributed by atoms with van der Waals surface area (Å²) in [4.78, 5) is 0. The first-order chi connectivity index (χ1) is 16.7. The summed E-state index contributed by atoms with van der Waals surface area (Å²) in [5.74, 6) is 3.18. The summed E-state index contributed by atoms with van der Waals surface area (Å²) in [7, 11) is 0.